The molecular formula is C19H23ClN2O2. The van der Waals surface area contributed by atoms with E-state index in [1.54, 1.807) is 24.3 Å². The summed E-state index contributed by atoms with van der Waals surface area (Å²) in [6.45, 7) is 2.52. The lowest BCUT2D eigenvalue weighted by Crippen LogP contribution is -2.51. The third-order valence-electron chi connectivity index (χ3n) is 4.90. The Labute approximate surface area is 148 Å². The normalized spacial score (nSPS) is 19.2. The zero-order valence-electron chi connectivity index (χ0n) is 13.8. The molecule has 2 aliphatic rings. The second kappa shape index (κ2) is 7.84. The van der Waals surface area contributed by atoms with Gasteiger partial charge in [-0.25, -0.2) is 0 Å². The van der Waals surface area contributed by atoms with Gasteiger partial charge >= 0.3 is 0 Å². The minimum absolute atomic E-state index is 0.00193. The number of nitrogens with zero attached hydrogens (tertiary/aromatic N) is 2. The van der Waals surface area contributed by atoms with Crippen molar-refractivity contribution >= 4 is 29.5 Å². The Morgan fingerprint density at radius 3 is 2.17 bits per heavy atom. The molecule has 24 heavy (non-hydrogen) atoms. The lowest BCUT2D eigenvalue weighted by Gasteiger charge is -2.35. The number of carbonyl (C=O) groups excluding carboxylic acids is 2. The van der Waals surface area contributed by atoms with Crippen molar-refractivity contribution < 1.29 is 9.59 Å². The van der Waals surface area contributed by atoms with Crippen molar-refractivity contribution in [2.24, 2.45) is 5.92 Å². The minimum Gasteiger partial charge on any atom is -0.339 e. The summed E-state index contributed by atoms with van der Waals surface area (Å²) < 4.78 is 0. The Kier molecular flexibility index (Phi) is 5.56. The van der Waals surface area contributed by atoms with Crippen LogP contribution in [0.15, 0.2) is 30.3 Å². The van der Waals surface area contributed by atoms with Crippen molar-refractivity contribution in [1.82, 2.24) is 9.80 Å². The van der Waals surface area contributed by atoms with Gasteiger partial charge in [-0.2, -0.15) is 0 Å². The van der Waals surface area contributed by atoms with Gasteiger partial charge in [0.05, 0.1) is 0 Å². The molecule has 1 aliphatic heterocycles. The van der Waals surface area contributed by atoms with E-state index in [1.807, 2.05) is 21.9 Å². The maximum Gasteiger partial charge on any atom is 0.246 e. The van der Waals surface area contributed by atoms with Gasteiger partial charge in [0.1, 0.15) is 0 Å². The fourth-order valence-corrected chi connectivity index (χ4v) is 3.55. The molecule has 0 unspecified atom stereocenters. The topological polar surface area (TPSA) is 40.6 Å². The lowest BCUT2D eigenvalue weighted by atomic mass is 10.1. The van der Waals surface area contributed by atoms with E-state index in [9.17, 15) is 9.59 Å². The van der Waals surface area contributed by atoms with Crippen LogP contribution in [0.3, 0.4) is 0 Å². The second-order valence-electron chi connectivity index (χ2n) is 6.52. The van der Waals surface area contributed by atoms with Crippen molar-refractivity contribution in [3.8, 4) is 0 Å². The highest BCUT2D eigenvalue weighted by Gasteiger charge is 2.29. The molecule has 1 saturated heterocycles. The molecule has 1 aromatic carbocycles. The van der Waals surface area contributed by atoms with Crippen LogP contribution in [0.4, 0.5) is 0 Å². The Morgan fingerprint density at radius 2 is 1.54 bits per heavy atom. The van der Waals surface area contributed by atoms with Gasteiger partial charge in [-0.3, -0.25) is 9.59 Å². The summed E-state index contributed by atoms with van der Waals surface area (Å²) in [5.74, 6) is 0.506. The molecule has 1 aliphatic carbocycles. The quantitative estimate of drug-likeness (QED) is 0.788. The molecule has 5 heteroatoms. The van der Waals surface area contributed by atoms with Crippen molar-refractivity contribution in [3.05, 3.63) is 40.9 Å². The van der Waals surface area contributed by atoms with Gasteiger partial charge in [0, 0.05) is 43.2 Å². The zero-order chi connectivity index (χ0) is 16.9. The number of carbonyl (C=O) groups is 2. The van der Waals surface area contributed by atoms with Crippen molar-refractivity contribution in [3.63, 3.8) is 0 Å². The summed E-state index contributed by atoms with van der Waals surface area (Å²) in [4.78, 5) is 28.4. The predicted octanol–water partition coefficient (Wildman–Crippen LogP) is 3.21. The second-order valence-corrected chi connectivity index (χ2v) is 6.95. The summed E-state index contributed by atoms with van der Waals surface area (Å²) in [6, 6.07) is 7.37. The van der Waals surface area contributed by atoms with Gasteiger partial charge < -0.3 is 9.80 Å². The lowest BCUT2D eigenvalue weighted by molar-refractivity contribution is -0.140. The molecule has 0 aromatic heterocycles. The van der Waals surface area contributed by atoms with Gasteiger partial charge in [-0.05, 0) is 36.6 Å². The Bertz CT molecular complexity index is 613. The van der Waals surface area contributed by atoms with Crippen molar-refractivity contribution in [1.29, 1.82) is 0 Å². The fourth-order valence-electron chi connectivity index (χ4n) is 3.42. The Morgan fingerprint density at radius 1 is 0.958 bits per heavy atom. The van der Waals surface area contributed by atoms with E-state index in [2.05, 4.69) is 0 Å². The highest BCUT2D eigenvalue weighted by atomic mass is 35.5. The van der Waals surface area contributed by atoms with Crippen LogP contribution in [0.5, 0.6) is 0 Å². The third kappa shape index (κ3) is 4.18. The van der Waals surface area contributed by atoms with E-state index in [-0.39, 0.29) is 17.7 Å². The molecule has 2 fully saturated rings. The molecular weight excluding hydrogens is 324 g/mol. The summed E-state index contributed by atoms with van der Waals surface area (Å²) >= 11 is 5.85. The molecule has 0 atom stereocenters. The largest absolute Gasteiger partial charge is 0.339 e. The van der Waals surface area contributed by atoms with Crippen LogP contribution >= 0.6 is 11.6 Å². The van der Waals surface area contributed by atoms with Crippen LogP contribution < -0.4 is 0 Å². The number of hydrogen-bond donors (Lipinski definition) is 0. The molecule has 1 saturated carbocycles. The van der Waals surface area contributed by atoms with Crippen LogP contribution in [-0.2, 0) is 9.59 Å². The summed E-state index contributed by atoms with van der Waals surface area (Å²) in [7, 11) is 0. The van der Waals surface area contributed by atoms with Gasteiger partial charge in [0.15, 0.2) is 0 Å². The maximum absolute atomic E-state index is 12.4. The van der Waals surface area contributed by atoms with E-state index < -0.39 is 0 Å². The molecule has 128 valence electrons. The van der Waals surface area contributed by atoms with Crippen LogP contribution in [-0.4, -0.2) is 47.8 Å². The summed E-state index contributed by atoms with van der Waals surface area (Å²) in [5, 5.41) is 0.682. The molecule has 0 radical (unpaired) electrons. The van der Waals surface area contributed by atoms with Gasteiger partial charge in [0.2, 0.25) is 11.8 Å². The van der Waals surface area contributed by atoms with Crippen molar-refractivity contribution in [2.45, 2.75) is 25.7 Å². The number of benzene rings is 1. The Hall–Kier alpha value is -1.81. The number of rotatable bonds is 3. The van der Waals surface area contributed by atoms with E-state index >= 15 is 0 Å². The first kappa shape index (κ1) is 17.0. The number of amides is 2. The van der Waals surface area contributed by atoms with E-state index in [0.717, 1.165) is 18.4 Å². The summed E-state index contributed by atoms with van der Waals surface area (Å²) in [5.41, 5.74) is 0.947. The monoisotopic (exact) mass is 346 g/mol. The minimum atomic E-state index is -0.00193. The molecule has 4 nitrogen and oxygen atoms in total. The SMILES string of the molecule is O=C(/C=C/c1ccc(Cl)cc1)N1CCN(C(=O)C2CCCC2)CC1. The van der Waals surface area contributed by atoms with Gasteiger partial charge in [-0.15, -0.1) is 0 Å². The number of piperazine rings is 1. The molecule has 0 spiro atoms. The highest BCUT2D eigenvalue weighted by Crippen LogP contribution is 2.26. The number of hydrogen-bond acceptors (Lipinski definition) is 2. The first-order valence-corrected chi connectivity index (χ1v) is 9.02. The molecule has 0 bridgehead atoms. The smallest absolute Gasteiger partial charge is 0.246 e. The molecule has 1 heterocycles. The van der Waals surface area contributed by atoms with Crippen LogP contribution in [0, 0.1) is 5.92 Å². The Balaban J connectivity index is 1.49. The predicted molar refractivity (Wildman–Crippen MR) is 95.6 cm³/mol. The third-order valence-corrected chi connectivity index (χ3v) is 5.15. The van der Waals surface area contributed by atoms with E-state index in [0.29, 0.717) is 31.2 Å². The first-order valence-electron chi connectivity index (χ1n) is 8.65. The van der Waals surface area contributed by atoms with E-state index in [4.69, 9.17) is 11.6 Å². The van der Waals surface area contributed by atoms with Gasteiger partial charge in [-0.1, -0.05) is 36.6 Å². The van der Waals surface area contributed by atoms with Crippen molar-refractivity contribution in [2.75, 3.05) is 26.2 Å². The molecule has 3 rings (SSSR count). The zero-order valence-corrected chi connectivity index (χ0v) is 14.5. The van der Waals surface area contributed by atoms with E-state index in [1.165, 1.54) is 12.8 Å². The molecule has 0 N–H and O–H groups in total. The average molecular weight is 347 g/mol. The van der Waals surface area contributed by atoms with Gasteiger partial charge in [0.25, 0.3) is 0 Å². The number of halogens is 1. The maximum atomic E-state index is 12.4. The average Bonchev–Trinajstić information content (AvgIpc) is 3.15. The highest BCUT2D eigenvalue weighted by molar-refractivity contribution is 6.30. The summed E-state index contributed by atoms with van der Waals surface area (Å²) in [6.07, 6.45) is 7.80. The van der Waals surface area contributed by atoms with Crippen LogP contribution in [0.1, 0.15) is 31.2 Å². The standard InChI is InChI=1S/C19H23ClN2O2/c20-17-8-5-15(6-9-17)7-10-18(23)21-11-13-22(14-12-21)19(24)16-3-1-2-4-16/h5-10,16H,1-4,11-14H2/b10-7+. The fraction of sp³-hybridized carbons (Fsp3) is 0.474. The molecule has 1 aromatic rings. The van der Waals surface area contributed by atoms with Crippen LogP contribution in [0.2, 0.25) is 5.02 Å². The van der Waals surface area contributed by atoms with Crippen LogP contribution in [0.25, 0.3) is 6.08 Å². The first-order chi connectivity index (χ1) is 11.6. The molecule has 2 amide bonds.